The third-order valence-corrected chi connectivity index (χ3v) is 5.67. The third kappa shape index (κ3) is 4.15. The fraction of sp³-hybridized carbons (Fsp3) is 1.00. The van der Waals surface area contributed by atoms with Crippen molar-refractivity contribution in [2.75, 3.05) is 32.4 Å². The summed E-state index contributed by atoms with van der Waals surface area (Å²) in [4.78, 5) is 2.46. The van der Waals surface area contributed by atoms with E-state index in [1.165, 1.54) is 57.5 Å². The highest BCUT2D eigenvalue weighted by Gasteiger charge is 2.27. The van der Waals surface area contributed by atoms with Gasteiger partial charge in [0, 0.05) is 11.3 Å². The summed E-state index contributed by atoms with van der Waals surface area (Å²) in [5.74, 6) is 2.20. The number of nitrogens with one attached hydrogen (secondary N) is 1. The molecule has 1 saturated heterocycles. The fourth-order valence-electron chi connectivity index (χ4n) is 3.16. The Morgan fingerprint density at radius 3 is 2.65 bits per heavy atom. The average molecular weight is 256 g/mol. The van der Waals surface area contributed by atoms with Crippen molar-refractivity contribution >= 4 is 11.8 Å². The van der Waals surface area contributed by atoms with Crippen molar-refractivity contribution in [3.8, 4) is 0 Å². The lowest BCUT2D eigenvalue weighted by atomic mass is 9.97. The minimum absolute atomic E-state index is 0.805. The quantitative estimate of drug-likeness (QED) is 0.814. The molecule has 2 rings (SSSR count). The number of piperidine rings is 1. The molecule has 0 amide bonds. The van der Waals surface area contributed by atoms with Crippen molar-refractivity contribution in [3.05, 3.63) is 0 Å². The van der Waals surface area contributed by atoms with Crippen LogP contribution in [0, 0.1) is 5.92 Å². The monoisotopic (exact) mass is 256 g/mol. The van der Waals surface area contributed by atoms with Crippen LogP contribution >= 0.6 is 11.8 Å². The molecule has 3 heteroatoms. The molecule has 0 bridgehead atoms. The standard InChI is InChI=1S/C14H28N2S/c1-3-17-14-6-4-5-13(14)15-11-12-7-9-16(2)10-8-12/h12-15H,3-11H2,1-2H3. The van der Waals surface area contributed by atoms with Gasteiger partial charge in [0.15, 0.2) is 0 Å². The summed E-state index contributed by atoms with van der Waals surface area (Å²) in [7, 11) is 2.24. The van der Waals surface area contributed by atoms with Gasteiger partial charge in [-0.05, 0) is 64.0 Å². The van der Waals surface area contributed by atoms with E-state index in [9.17, 15) is 0 Å². The highest BCUT2D eigenvalue weighted by atomic mass is 32.2. The second-order valence-corrected chi connectivity index (χ2v) is 7.20. The van der Waals surface area contributed by atoms with E-state index in [0.29, 0.717) is 0 Å². The van der Waals surface area contributed by atoms with Crippen molar-refractivity contribution in [1.29, 1.82) is 0 Å². The summed E-state index contributed by atoms with van der Waals surface area (Å²) >= 11 is 2.16. The molecule has 1 aliphatic carbocycles. The molecule has 100 valence electrons. The third-order valence-electron chi connectivity index (χ3n) is 4.34. The molecule has 2 nitrogen and oxygen atoms in total. The Labute approximate surface area is 111 Å². The first kappa shape index (κ1) is 13.7. The van der Waals surface area contributed by atoms with Gasteiger partial charge in [0.05, 0.1) is 0 Å². The Bertz CT molecular complexity index is 214. The highest BCUT2D eigenvalue weighted by molar-refractivity contribution is 7.99. The maximum atomic E-state index is 3.86. The molecule has 2 aliphatic rings. The van der Waals surface area contributed by atoms with Crippen LogP contribution in [0.1, 0.15) is 39.0 Å². The maximum absolute atomic E-state index is 3.86. The van der Waals surface area contributed by atoms with Crippen molar-refractivity contribution < 1.29 is 0 Å². The number of likely N-dealkylation sites (tertiary alicyclic amines) is 1. The molecule has 0 aromatic heterocycles. The minimum Gasteiger partial charge on any atom is -0.313 e. The molecule has 2 unspecified atom stereocenters. The molecule has 0 spiro atoms. The van der Waals surface area contributed by atoms with Gasteiger partial charge in [-0.3, -0.25) is 0 Å². The molecule has 0 aromatic rings. The second kappa shape index (κ2) is 7.01. The van der Waals surface area contributed by atoms with Gasteiger partial charge in [0.2, 0.25) is 0 Å². The van der Waals surface area contributed by atoms with E-state index in [0.717, 1.165) is 17.2 Å². The molecular formula is C14H28N2S. The lowest BCUT2D eigenvalue weighted by molar-refractivity contribution is 0.213. The van der Waals surface area contributed by atoms with Crippen molar-refractivity contribution in [1.82, 2.24) is 10.2 Å². The largest absolute Gasteiger partial charge is 0.313 e. The Balaban J connectivity index is 1.67. The van der Waals surface area contributed by atoms with Gasteiger partial charge in [0.1, 0.15) is 0 Å². The van der Waals surface area contributed by atoms with E-state index in [1.54, 1.807) is 0 Å². The van der Waals surface area contributed by atoms with Crippen LogP contribution in [0.2, 0.25) is 0 Å². The predicted molar refractivity (Wildman–Crippen MR) is 77.8 cm³/mol. The fourth-order valence-corrected chi connectivity index (χ4v) is 4.38. The number of hydrogen-bond acceptors (Lipinski definition) is 3. The van der Waals surface area contributed by atoms with Crippen LogP contribution in [0.4, 0.5) is 0 Å². The molecular weight excluding hydrogens is 228 g/mol. The molecule has 2 fully saturated rings. The van der Waals surface area contributed by atoms with Crippen LogP contribution < -0.4 is 5.32 Å². The Hall–Kier alpha value is 0.270. The van der Waals surface area contributed by atoms with Gasteiger partial charge in [-0.2, -0.15) is 11.8 Å². The first-order valence-electron chi connectivity index (χ1n) is 7.33. The molecule has 1 N–H and O–H groups in total. The molecule has 0 radical (unpaired) electrons. The zero-order valence-corrected chi connectivity index (χ0v) is 12.3. The van der Waals surface area contributed by atoms with E-state index < -0.39 is 0 Å². The van der Waals surface area contributed by atoms with Gasteiger partial charge < -0.3 is 10.2 Å². The summed E-state index contributed by atoms with van der Waals surface area (Å²) in [6, 6.07) is 0.805. The van der Waals surface area contributed by atoms with Gasteiger partial charge in [0.25, 0.3) is 0 Å². The SMILES string of the molecule is CCSC1CCCC1NCC1CCN(C)CC1. The average Bonchev–Trinajstić information content (AvgIpc) is 2.77. The second-order valence-electron chi connectivity index (χ2n) is 5.69. The van der Waals surface area contributed by atoms with Crippen LogP contribution in [0.3, 0.4) is 0 Å². The van der Waals surface area contributed by atoms with E-state index in [1.807, 2.05) is 0 Å². The van der Waals surface area contributed by atoms with Gasteiger partial charge >= 0.3 is 0 Å². The van der Waals surface area contributed by atoms with Crippen LogP contribution in [0.25, 0.3) is 0 Å². The summed E-state index contributed by atoms with van der Waals surface area (Å²) < 4.78 is 0. The summed E-state index contributed by atoms with van der Waals surface area (Å²) in [5, 5.41) is 4.76. The summed E-state index contributed by atoms with van der Waals surface area (Å²) in [5.41, 5.74) is 0. The first-order valence-corrected chi connectivity index (χ1v) is 8.38. The van der Waals surface area contributed by atoms with E-state index >= 15 is 0 Å². The zero-order valence-electron chi connectivity index (χ0n) is 11.5. The molecule has 17 heavy (non-hydrogen) atoms. The first-order chi connectivity index (χ1) is 8.29. The topological polar surface area (TPSA) is 15.3 Å². The van der Waals surface area contributed by atoms with E-state index in [4.69, 9.17) is 0 Å². The van der Waals surface area contributed by atoms with Crippen LogP contribution in [0.5, 0.6) is 0 Å². The Morgan fingerprint density at radius 2 is 1.94 bits per heavy atom. The zero-order chi connectivity index (χ0) is 12.1. The van der Waals surface area contributed by atoms with Crippen LogP contribution in [0.15, 0.2) is 0 Å². The molecule has 1 saturated carbocycles. The lowest BCUT2D eigenvalue weighted by Gasteiger charge is -2.30. The lowest BCUT2D eigenvalue weighted by Crippen LogP contribution is -2.40. The van der Waals surface area contributed by atoms with Gasteiger partial charge in [-0.1, -0.05) is 13.3 Å². The van der Waals surface area contributed by atoms with Crippen LogP contribution in [-0.4, -0.2) is 48.6 Å². The normalized spacial score (nSPS) is 32.1. The molecule has 1 aliphatic heterocycles. The Morgan fingerprint density at radius 1 is 1.18 bits per heavy atom. The van der Waals surface area contributed by atoms with E-state index in [-0.39, 0.29) is 0 Å². The highest BCUT2D eigenvalue weighted by Crippen LogP contribution is 2.30. The van der Waals surface area contributed by atoms with E-state index in [2.05, 4.69) is 35.9 Å². The van der Waals surface area contributed by atoms with Gasteiger partial charge in [-0.25, -0.2) is 0 Å². The van der Waals surface area contributed by atoms with Crippen molar-refractivity contribution in [2.24, 2.45) is 5.92 Å². The predicted octanol–water partition coefficient (Wildman–Crippen LogP) is 2.59. The maximum Gasteiger partial charge on any atom is 0.0201 e. The number of hydrogen-bond donors (Lipinski definition) is 1. The van der Waals surface area contributed by atoms with Gasteiger partial charge in [-0.15, -0.1) is 0 Å². The summed E-state index contributed by atoms with van der Waals surface area (Å²) in [6.45, 7) is 6.14. The minimum atomic E-state index is 0.805. The number of thioether (sulfide) groups is 1. The molecule has 0 aromatic carbocycles. The molecule has 1 heterocycles. The van der Waals surface area contributed by atoms with Crippen molar-refractivity contribution in [3.63, 3.8) is 0 Å². The smallest absolute Gasteiger partial charge is 0.0201 e. The van der Waals surface area contributed by atoms with Crippen LogP contribution in [-0.2, 0) is 0 Å². The van der Waals surface area contributed by atoms with Crippen molar-refractivity contribution in [2.45, 2.75) is 50.3 Å². The summed E-state index contributed by atoms with van der Waals surface area (Å²) in [6.07, 6.45) is 7.06. The number of nitrogens with zero attached hydrogens (tertiary/aromatic N) is 1. The molecule has 2 atom stereocenters. The Kier molecular flexibility index (Phi) is 5.64. The number of rotatable bonds is 5.